The molecule has 3 heterocycles. The molecule has 9 heteroatoms. The minimum absolute atomic E-state index is 0.0305. The van der Waals surface area contributed by atoms with E-state index in [1.807, 2.05) is 0 Å². The van der Waals surface area contributed by atoms with Crippen LogP contribution in [0.1, 0.15) is 18.2 Å². The zero-order valence-corrected chi connectivity index (χ0v) is 10.1. The SMILES string of the molecule is Nc1ncnn2c([C@@H]3O[C@H](C(=O)O)C[C@H]3O)cc(F)c12. The van der Waals surface area contributed by atoms with Crippen LogP contribution in [0.3, 0.4) is 0 Å². The zero-order chi connectivity index (χ0) is 14.4. The first-order chi connectivity index (χ1) is 9.49. The number of ether oxygens (including phenoxy) is 1. The van der Waals surface area contributed by atoms with Crippen LogP contribution in [0.4, 0.5) is 10.2 Å². The molecule has 3 rings (SSSR count). The Labute approximate surface area is 111 Å². The average Bonchev–Trinajstić information content (AvgIpc) is 2.92. The zero-order valence-electron chi connectivity index (χ0n) is 10.1. The highest BCUT2D eigenvalue weighted by Gasteiger charge is 2.40. The Kier molecular flexibility index (Phi) is 2.80. The van der Waals surface area contributed by atoms with Gasteiger partial charge in [0, 0.05) is 12.5 Å². The standard InChI is InChI=1S/C11H11FN4O4/c12-4-1-5(16-8(4)10(13)14-3-15-16)9-6(17)2-7(20-9)11(18)19/h1,3,6-7,9,17H,2H2,(H,18,19)(H2,13,14,15)/t6-,7+,9+/m1/s1. The Morgan fingerprint density at radius 2 is 2.35 bits per heavy atom. The number of anilines is 1. The summed E-state index contributed by atoms with van der Waals surface area (Å²) in [7, 11) is 0. The number of nitrogen functional groups attached to an aromatic ring is 1. The van der Waals surface area contributed by atoms with Gasteiger partial charge in [-0.25, -0.2) is 18.7 Å². The molecule has 0 bridgehead atoms. The summed E-state index contributed by atoms with van der Waals surface area (Å²) in [6.07, 6.45) is -2.12. The number of aromatic nitrogens is 3. The number of rotatable bonds is 2. The van der Waals surface area contributed by atoms with Crippen molar-refractivity contribution >= 4 is 17.3 Å². The monoisotopic (exact) mass is 282 g/mol. The van der Waals surface area contributed by atoms with Crippen molar-refractivity contribution in [2.45, 2.75) is 24.7 Å². The molecule has 3 atom stereocenters. The number of fused-ring (bicyclic) bond motifs is 1. The molecule has 1 aliphatic rings. The topological polar surface area (TPSA) is 123 Å². The number of halogens is 1. The first kappa shape index (κ1) is 12.8. The first-order valence-electron chi connectivity index (χ1n) is 5.83. The molecule has 1 fully saturated rings. The molecule has 0 radical (unpaired) electrons. The number of nitrogens with two attached hydrogens (primary N) is 1. The highest BCUT2D eigenvalue weighted by Crippen LogP contribution is 2.35. The maximum atomic E-state index is 13.9. The predicted molar refractivity (Wildman–Crippen MR) is 63.2 cm³/mol. The molecular weight excluding hydrogens is 271 g/mol. The largest absolute Gasteiger partial charge is 0.479 e. The Bertz CT molecular complexity index is 688. The summed E-state index contributed by atoms with van der Waals surface area (Å²) in [5.41, 5.74) is 5.74. The van der Waals surface area contributed by atoms with Crippen LogP contribution in [0.15, 0.2) is 12.4 Å². The molecule has 20 heavy (non-hydrogen) atoms. The maximum absolute atomic E-state index is 13.9. The predicted octanol–water partition coefficient (Wildman–Crippen LogP) is -0.274. The molecule has 0 saturated carbocycles. The summed E-state index contributed by atoms with van der Waals surface area (Å²) in [5, 5.41) is 22.7. The summed E-state index contributed by atoms with van der Waals surface area (Å²) in [4.78, 5) is 14.6. The summed E-state index contributed by atoms with van der Waals surface area (Å²) >= 11 is 0. The molecule has 0 spiro atoms. The van der Waals surface area contributed by atoms with E-state index in [1.54, 1.807) is 0 Å². The third-order valence-corrected chi connectivity index (χ3v) is 3.25. The number of nitrogens with zero attached hydrogens (tertiary/aromatic N) is 3. The molecule has 1 saturated heterocycles. The van der Waals surface area contributed by atoms with Gasteiger partial charge in [0.15, 0.2) is 17.7 Å². The van der Waals surface area contributed by atoms with E-state index in [4.69, 9.17) is 15.6 Å². The van der Waals surface area contributed by atoms with Crippen molar-refractivity contribution < 1.29 is 24.1 Å². The van der Waals surface area contributed by atoms with Gasteiger partial charge < -0.3 is 20.7 Å². The van der Waals surface area contributed by atoms with Gasteiger partial charge in [-0.05, 0) is 0 Å². The number of aliphatic hydroxyl groups is 1. The minimum atomic E-state index is -1.18. The third kappa shape index (κ3) is 1.79. The second-order valence-corrected chi connectivity index (χ2v) is 4.51. The van der Waals surface area contributed by atoms with Crippen LogP contribution in [0.25, 0.3) is 5.52 Å². The normalized spacial score (nSPS) is 26.2. The fraction of sp³-hybridized carbons (Fsp3) is 0.364. The molecule has 0 aliphatic carbocycles. The van der Waals surface area contributed by atoms with Crippen LogP contribution < -0.4 is 5.73 Å². The summed E-state index contributed by atoms with van der Waals surface area (Å²) in [6, 6.07) is 1.11. The summed E-state index contributed by atoms with van der Waals surface area (Å²) in [5.74, 6) is -1.89. The van der Waals surface area contributed by atoms with Gasteiger partial charge in [-0.3, -0.25) is 0 Å². The number of carboxylic acids is 1. The number of carbonyl (C=O) groups is 1. The fourth-order valence-corrected chi connectivity index (χ4v) is 2.34. The van der Waals surface area contributed by atoms with Gasteiger partial charge in [0.25, 0.3) is 0 Å². The van der Waals surface area contributed by atoms with E-state index < -0.39 is 30.1 Å². The van der Waals surface area contributed by atoms with E-state index in [0.717, 1.165) is 16.9 Å². The van der Waals surface area contributed by atoms with Gasteiger partial charge >= 0.3 is 5.97 Å². The number of hydrogen-bond donors (Lipinski definition) is 3. The second-order valence-electron chi connectivity index (χ2n) is 4.51. The number of hydrogen-bond acceptors (Lipinski definition) is 6. The molecule has 2 aromatic rings. The van der Waals surface area contributed by atoms with Crippen LogP contribution in [-0.4, -0.2) is 43.0 Å². The Hall–Kier alpha value is -2.26. The smallest absolute Gasteiger partial charge is 0.332 e. The molecule has 2 aromatic heterocycles. The number of aliphatic carboxylic acids is 1. The molecule has 0 aromatic carbocycles. The Balaban J connectivity index is 2.07. The van der Waals surface area contributed by atoms with Crippen LogP contribution >= 0.6 is 0 Å². The quantitative estimate of drug-likeness (QED) is 0.692. The van der Waals surface area contributed by atoms with Crippen molar-refractivity contribution in [1.82, 2.24) is 14.6 Å². The van der Waals surface area contributed by atoms with E-state index in [1.165, 1.54) is 0 Å². The third-order valence-electron chi connectivity index (χ3n) is 3.25. The van der Waals surface area contributed by atoms with Gasteiger partial charge in [0.2, 0.25) is 0 Å². The lowest BCUT2D eigenvalue weighted by Crippen LogP contribution is -2.19. The van der Waals surface area contributed by atoms with Crippen molar-refractivity contribution in [3.8, 4) is 0 Å². The van der Waals surface area contributed by atoms with Crippen molar-refractivity contribution in [2.75, 3.05) is 5.73 Å². The van der Waals surface area contributed by atoms with Crippen LogP contribution in [0.2, 0.25) is 0 Å². The van der Waals surface area contributed by atoms with Gasteiger partial charge in [0.1, 0.15) is 17.9 Å². The van der Waals surface area contributed by atoms with Crippen molar-refractivity contribution in [3.05, 3.63) is 23.9 Å². The Morgan fingerprint density at radius 1 is 1.60 bits per heavy atom. The first-order valence-corrected chi connectivity index (χ1v) is 5.83. The van der Waals surface area contributed by atoms with Gasteiger partial charge in [-0.2, -0.15) is 5.10 Å². The van der Waals surface area contributed by atoms with Crippen LogP contribution in [-0.2, 0) is 9.53 Å². The average molecular weight is 282 g/mol. The number of aliphatic hydroxyl groups excluding tert-OH is 1. The van der Waals surface area contributed by atoms with Gasteiger partial charge in [-0.1, -0.05) is 0 Å². The van der Waals surface area contributed by atoms with Gasteiger partial charge in [0.05, 0.1) is 11.8 Å². The van der Waals surface area contributed by atoms with E-state index in [2.05, 4.69) is 10.1 Å². The Morgan fingerprint density at radius 3 is 3.00 bits per heavy atom. The summed E-state index contributed by atoms with van der Waals surface area (Å²) < 4.78 is 20.3. The lowest BCUT2D eigenvalue weighted by molar-refractivity contribution is -0.149. The van der Waals surface area contributed by atoms with Crippen LogP contribution in [0.5, 0.6) is 0 Å². The molecule has 1 aliphatic heterocycles. The molecule has 8 nitrogen and oxygen atoms in total. The lowest BCUT2D eigenvalue weighted by Gasteiger charge is -2.13. The molecule has 0 unspecified atom stereocenters. The van der Waals surface area contributed by atoms with E-state index >= 15 is 0 Å². The molecular formula is C11H11FN4O4. The highest BCUT2D eigenvalue weighted by atomic mass is 19.1. The summed E-state index contributed by atoms with van der Waals surface area (Å²) in [6.45, 7) is 0. The van der Waals surface area contributed by atoms with Crippen molar-refractivity contribution in [2.24, 2.45) is 0 Å². The molecule has 106 valence electrons. The highest BCUT2D eigenvalue weighted by molar-refractivity contribution is 5.73. The lowest BCUT2D eigenvalue weighted by atomic mass is 10.1. The van der Waals surface area contributed by atoms with Crippen molar-refractivity contribution in [3.63, 3.8) is 0 Å². The second kappa shape index (κ2) is 4.39. The van der Waals surface area contributed by atoms with Gasteiger partial charge in [-0.15, -0.1) is 0 Å². The number of carboxylic acid groups (broad SMARTS) is 1. The van der Waals surface area contributed by atoms with E-state index in [9.17, 15) is 14.3 Å². The minimum Gasteiger partial charge on any atom is -0.479 e. The maximum Gasteiger partial charge on any atom is 0.332 e. The van der Waals surface area contributed by atoms with E-state index in [-0.39, 0.29) is 23.4 Å². The molecule has 4 N–H and O–H groups in total. The fourth-order valence-electron chi connectivity index (χ4n) is 2.34. The van der Waals surface area contributed by atoms with Crippen molar-refractivity contribution in [1.29, 1.82) is 0 Å². The molecule has 0 amide bonds. The van der Waals surface area contributed by atoms with E-state index in [0.29, 0.717) is 0 Å². The van der Waals surface area contributed by atoms with Crippen LogP contribution in [0, 0.1) is 5.82 Å².